The van der Waals surface area contributed by atoms with Gasteiger partial charge in [-0.3, -0.25) is 15.1 Å². The van der Waals surface area contributed by atoms with Crippen molar-refractivity contribution in [1.82, 2.24) is 19.7 Å². The van der Waals surface area contributed by atoms with Gasteiger partial charge in [-0.15, -0.1) is 0 Å². The fourth-order valence-electron chi connectivity index (χ4n) is 2.86. The van der Waals surface area contributed by atoms with Gasteiger partial charge in [0.2, 0.25) is 5.95 Å². The van der Waals surface area contributed by atoms with E-state index in [0.717, 1.165) is 5.56 Å². The number of aromatic nitrogens is 4. The highest BCUT2D eigenvalue weighted by molar-refractivity contribution is 6.30. The predicted octanol–water partition coefficient (Wildman–Crippen LogP) is 4.23. The molecular formula is C21H17ClN6O2. The number of urea groups is 1. The second kappa shape index (κ2) is 8.22. The lowest BCUT2D eigenvalue weighted by Gasteiger charge is -2.09. The Morgan fingerprint density at radius 3 is 2.47 bits per heavy atom. The van der Waals surface area contributed by atoms with Gasteiger partial charge >= 0.3 is 6.03 Å². The van der Waals surface area contributed by atoms with Gasteiger partial charge in [0.15, 0.2) is 0 Å². The number of hydrogen-bond donors (Lipinski definition) is 3. The van der Waals surface area contributed by atoms with Crippen molar-refractivity contribution >= 4 is 29.1 Å². The van der Waals surface area contributed by atoms with Gasteiger partial charge in [-0.25, -0.2) is 9.78 Å². The normalized spacial score (nSPS) is 10.6. The number of carbonyl (C=O) groups is 1. The van der Waals surface area contributed by atoms with Crippen molar-refractivity contribution in [2.24, 2.45) is 0 Å². The molecule has 8 nitrogen and oxygen atoms in total. The molecule has 4 aromatic rings. The molecule has 150 valence electrons. The van der Waals surface area contributed by atoms with Gasteiger partial charge in [-0.2, -0.15) is 9.78 Å². The summed E-state index contributed by atoms with van der Waals surface area (Å²) < 4.78 is 1.39. The van der Waals surface area contributed by atoms with E-state index in [1.54, 1.807) is 37.3 Å². The van der Waals surface area contributed by atoms with Crippen molar-refractivity contribution in [2.75, 3.05) is 10.6 Å². The van der Waals surface area contributed by atoms with Gasteiger partial charge in [0.05, 0.1) is 5.69 Å². The Kier molecular flexibility index (Phi) is 5.32. The number of halogens is 1. The number of aromatic amines is 1. The van der Waals surface area contributed by atoms with Crippen molar-refractivity contribution in [1.29, 1.82) is 0 Å². The molecule has 2 aromatic carbocycles. The number of amides is 2. The van der Waals surface area contributed by atoms with Crippen LogP contribution in [0, 0.1) is 6.92 Å². The minimum atomic E-state index is -0.479. The van der Waals surface area contributed by atoms with Crippen LogP contribution in [-0.4, -0.2) is 25.8 Å². The molecule has 0 aliphatic heterocycles. The van der Waals surface area contributed by atoms with Crippen LogP contribution in [0.4, 0.5) is 16.3 Å². The van der Waals surface area contributed by atoms with Gasteiger partial charge < -0.3 is 5.32 Å². The van der Waals surface area contributed by atoms with Gasteiger partial charge in [0, 0.05) is 34.1 Å². The van der Waals surface area contributed by atoms with E-state index in [2.05, 4.69) is 25.7 Å². The van der Waals surface area contributed by atoms with E-state index in [-0.39, 0.29) is 11.5 Å². The molecule has 4 rings (SSSR count). The number of carbonyl (C=O) groups excluding carboxylic acids is 1. The van der Waals surface area contributed by atoms with E-state index in [4.69, 9.17) is 11.6 Å². The van der Waals surface area contributed by atoms with Crippen molar-refractivity contribution in [3.05, 3.63) is 87.8 Å². The van der Waals surface area contributed by atoms with Gasteiger partial charge in [0.1, 0.15) is 5.82 Å². The molecule has 0 saturated carbocycles. The lowest BCUT2D eigenvalue weighted by Crippen LogP contribution is -2.22. The van der Waals surface area contributed by atoms with Crippen LogP contribution in [0.25, 0.3) is 17.2 Å². The average Bonchev–Trinajstić information content (AvgIpc) is 3.13. The molecule has 0 bridgehead atoms. The van der Waals surface area contributed by atoms with Crippen LogP contribution >= 0.6 is 11.6 Å². The van der Waals surface area contributed by atoms with Crippen LogP contribution in [0.2, 0.25) is 5.02 Å². The molecule has 0 unspecified atom stereocenters. The van der Waals surface area contributed by atoms with Crippen LogP contribution in [0.1, 0.15) is 5.69 Å². The first kappa shape index (κ1) is 19.4. The van der Waals surface area contributed by atoms with Crippen molar-refractivity contribution < 1.29 is 4.79 Å². The van der Waals surface area contributed by atoms with E-state index in [9.17, 15) is 9.59 Å². The Labute approximate surface area is 176 Å². The molecule has 9 heteroatoms. The summed E-state index contributed by atoms with van der Waals surface area (Å²) in [5, 5.41) is 10.6. The van der Waals surface area contributed by atoms with E-state index in [0.29, 0.717) is 27.9 Å². The maximum absolute atomic E-state index is 12.5. The van der Waals surface area contributed by atoms with Crippen molar-refractivity contribution in [3.8, 4) is 17.2 Å². The van der Waals surface area contributed by atoms with Crippen LogP contribution in [0.5, 0.6) is 0 Å². The molecular weight excluding hydrogens is 404 g/mol. The second-order valence-corrected chi connectivity index (χ2v) is 6.93. The first-order valence-electron chi connectivity index (χ1n) is 9.05. The SMILES string of the molecule is Cc1cc(=O)[nH]c(-n2nc(-c3ccccc3)cc2NC(=O)Nc2ccc(Cl)cc2)n1. The third-order valence-electron chi connectivity index (χ3n) is 4.18. The Balaban J connectivity index is 1.69. The quantitative estimate of drug-likeness (QED) is 0.459. The molecule has 0 saturated heterocycles. The molecule has 0 aliphatic rings. The topological polar surface area (TPSA) is 105 Å². The third kappa shape index (κ3) is 4.39. The van der Waals surface area contributed by atoms with E-state index in [1.165, 1.54) is 10.7 Å². The summed E-state index contributed by atoms with van der Waals surface area (Å²) in [4.78, 5) is 31.4. The zero-order valence-electron chi connectivity index (χ0n) is 15.9. The summed E-state index contributed by atoms with van der Waals surface area (Å²) in [5.74, 6) is 0.540. The van der Waals surface area contributed by atoms with Crippen molar-refractivity contribution in [3.63, 3.8) is 0 Å². The molecule has 2 amide bonds. The van der Waals surface area contributed by atoms with E-state index in [1.807, 2.05) is 30.3 Å². The number of nitrogens with one attached hydrogen (secondary N) is 3. The lowest BCUT2D eigenvalue weighted by atomic mass is 10.2. The zero-order chi connectivity index (χ0) is 21.1. The molecule has 0 spiro atoms. The minimum absolute atomic E-state index is 0.198. The number of anilines is 2. The largest absolute Gasteiger partial charge is 0.324 e. The molecule has 0 aliphatic carbocycles. The van der Waals surface area contributed by atoms with Crippen LogP contribution in [0.15, 0.2) is 71.5 Å². The summed E-state index contributed by atoms with van der Waals surface area (Å²) in [7, 11) is 0. The summed E-state index contributed by atoms with van der Waals surface area (Å²) in [6.07, 6.45) is 0. The molecule has 2 heterocycles. The molecule has 0 fully saturated rings. The highest BCUT2D eigenvalue weighted by Gasteiger charge is 2.16. The number of rotatable bonds is 4. The Morgan fingerprint density at radius 1 is 1.03 bits per heavy atom. The zero-order valence-corrected chi connectivity index (χ0v) is 16.6. The molecule has 2 aromatic heterocycles. The van der Waals surface area contributed by atoms with Gasteiger partial charge in [-0.1, -0.05) is 41.9 Å². The van der Waals surface area contributed by atoms with E-state index >= 15 is 0 Å². The highest BCUT2D eigenvalue weighted by Crippen LogP contribution is 2.23. The standard InChI is InChI=1S/C21H17ClN6O2/c1-13-11-19(29)26-20(23-13)28-18(12-17(27-28)14-5-3-2-4-6-14)25-21(30)24-16-9-7-15(22)8-10-16/h2-12H,1H3,(H,23,26,29)(H2,24,25,30). The van der Waals surface area contributed by atoms with Crippen LogP contribution in [-0.2, 0) is 0 Å². The maximum Gasteiger partial charge on any atom is 0.324 e. The lowest BCUT2D eigenvalue weighted by molar-refractivity contribution is 0.262. The number of hydrogen-bond acceptors (Lipinski definition) is 4. The summed E-state index contributed by atoms with van der Waals surface area (Å²) >= 11 is 5.88. The summed E-state index contributed by atoms with van der Waals surface area (Å²) in [6.45, 7) is 1.71. The average molecular weight is 421 g/mol. The Bertz CT molecular complexity index is 1250. The van der Waals surface area contributed by atoms with Gasteiger partial charge in [0.25, 0.3) is 5.56 Å². The fourth-order valence-corrected chi connectivity index (χ4v) is 2.98. The maximum atomic E-state index is 12.5. The van der Waals surface area contributed by atoms with Crippen LogP contribution in [0.3, 0.4) is 0 Å². The second-order valence-electron chi connectivity index (χ2n) is 6.49. The molecule has 30 heavy (non-hydrogen) atoms. The molecule has 0 radical (unpaired) electrons. The Morgan fingerprint density at radius 2 is 1.77 bits per heavy atom. The highest BCUT2D eigenvalue weighted by atomic mass is 35.5. The first-order valence-corrected chi connectivity index (χ1v) is 9.43. The minimum Gasteiger partial charge on any atom is -0.308 e. The summed E-state index contributed by atoms with van der Waals surface area (Å²) in [6, 6.07) is 18.8. The Hall–Kier alpha value is -3.91. The van der Waals surface area contributed by atoms with Crippen molar-refractivity contribution in [2.45, 2.75) is 6.92 Å². The number of benzene rings is 2. The van der Waals surface area contributed by atoms with E-state index < -0.39 is 6.03 Å². The number of H-pyrrole nitrogens is 1. The number of aryl methyl sites for hydroxylation is 1. The van der Waals surface area contributed by atoms with Gasteiger partial charge in [-0.05, 0) is 31.2 Å². The fraction of sp³-hybridized carbons (Fsp3) is 0.0476. The third-order valence-corrected chi connectivity index (χ3v) is 4.43. The monoisotopic (exact) mass is 420 g/mol. The summed E-state index contributed by atoms with van der Waals surface area (Å²) in [5.41, 5.74) is 2.26. The molecule has 3 N–H and O–H groups in total. The number of nitrogens with zero attached hydrogens (tertiary/aromatic N) is 3. The smallest absolute Gasteiger partial charge is 0.308 e. The molecule has 0 atom stereocenters. The van der Waals surface area contributed by atoms with Crippen LogP contribution < -0.4 is 16.2 Å². The first-order chi connectivity index (χ1) is 14.5. The predicted molar refractivity (Wildman–Crippen MR) is 116 cm³/mol.